The van der Waals surface area contributed by atoms with E-state index in [9.17, 15) is 10.1 Å². The van der Waals surface area contributed by atoms with Gasteiger partial charge in [0.25, 0.3) is 5.69 Å². The number of methoxy groups -OCH3 is 1. The van der Waals surface area contributed by atoms with Gasteiger partial charge in [0.15, 0.2) is 0 Å². The number of hydrogen-bond donors (Lipinski definition) is 0. The number of nitro groups is 1. The molecule has 0 unspecified atom stereocenters. The van der Waals surface area contributed by atoms with Crippen molar-refractivity contribution in [3.8, 4) is 11.1 Å². The summed E-state index contributed by atoms with van der Waals surface area (Å²) in [6.45, 7) is 0.272. The van der Waals surface area contributed by atoms with E-state index in [2.05, 4.69) is 0 Å². The molecule has 2 aromatic carbocycles. The minimum absolute atomic E-state index is 0.0896. The molecule has 0 saturated carbocycles. The third-order valence-electron chi connectivity index (χ3n) is 3.43. The molecule has 0 aliphatic rings. The van der Waals surface area contributed by atoms with Gasteiger partial charge in [-0.2, -0.15) is 0 Å². The second kappa shape index (κ2) is 5.38. The van der Waals surface area contributed by atoms with E-state index in [4.69, 9.17) is 4.74 Å². The number of para-hydroxylation sites is 1. The van der Waals surface area contributed by atoms with Crippen molar-refractivity contribution >= 4 is 16.6 Å². The maximum atomic E-state index is 11.3. The van der Waals surface area contributed by atoms with Gasteiger partial charge in [0.2, 0.25) is 0 Å². The zero-order chi connectivity index (χ0) is 14.8. The molecule has 0 fully saturated rings. The molecule has 1 aromatic heterocycles. The molecule has 1 heterocycles. The Kier molecular flexibility index (Phi) is 3.41. The summed E-state index contributed by atoms with van der Waals surface area (Å²) < 4.78 is 6.93. The molecule has 0 aliphatic carbocycles. The SMILES string of the molecule is COCn1cc(-c2ccccc2)c2cccc([N+](=O)[O-])c21. The van der Waals surface area contributed by atoms with Crippen LogP contribution in [0.1, 0.15) is 0 Å². The molecule has 5 heteroatoms. The maximum absolute atomic E-state index is 11.3. The minimum atomic E-state index is -0.358. The third kappa shape index (κ3) is 2.28. The Morgan fingerprint density at radius 1 is 1.14 bits per heavy atom. The van der Waals surface area contributed by atoms with Crippen molar-refractivity contribution in [3.05, 3.63) is 64.8 Å². The van der Waals surface area contributed by atoms with Gasteiger partial charge in [0, 0.05) is 30.3 Å². The highest BCUT2D eigenvalue weighted by molar-refractivity contribution is 6.00. The lowest BCUT2D eigenvalue weighted by molar-refractivity contribution is -0.383. The Balaban J connectivity index is 2.33. The summed E-state index contributed by atoms with van der Waals surface area (Å²) in [5, 5.41) is 12.1. The van der Waals surface area contributed by atoms with Crippen LogP contribution in [0.15, 0.2) is 54.7 Å². The van der Waals surface area contributed by atoms with E-state index in [1.165, 1.54) is 6.07 Å². The van der Waals surface area contributed by atoms with Crippen LogP contribution in [-0.4, -0.2) is 16.6 Å². The highest BCUT2D eigenvalue weighted by atomic mass is 16.6. The van der Waals surface area contributed by atoms with Crippen molar-refractivity contribution in [2.24, 2.45) is 0 Å². The van der Waals surface area contributed by atoms with Crippen molar-refractivity contribution in [1.29, 1.82) is 0 Å². The van der Waals surface area contributed by atoms with Gasteiger partial charge in [-0.3, -0.25) is 10.1 Å². The molecule has 0 spiro atoms. The molecule has 0 N–H and O–H groups in total. The Bertz CT molecular complexity index is 794. The van der Waals surface area contributed by atoms with Crippen LogP contribution in [0.25, 0.3) is 22.0 Å². The van der Waals surface area contributed by atoms with Crippen LogP contribution in [0.3, 0.4) is 0 Å². The topological polar surface area (TPSA) is 57.3 Å². The first kappa shape index (κ1) is 13.3. The number of aromatic nitrogens is 1. The van der Waals surface area contributed by atoms with Gasteiger partial charge in [-0.05, 0) is 5.56 Å². The van der Waals surface area contributed by atoms with Crippen molar-refractivity contribution in [2.45, 2.75) is 6.73 Å². The zero-order valence-corrected chi connectivity index (χ0v) is 11.5. The molecule has 5 nitrogen and oxygen atoms in total. The smallest absolute Gasteiger partial charge is 0.293 e. The lowest BCUT2D eigenvalue weighted by atomic mass is 10.0. The molecule has 0 amide bonds. The molecule has 106 valence electrons. The number of nitrogens with zero attached hydrogens (tertiary/aromatic N) is 2. The Labute approximate surface area is 121 Å². The molecule has 0 bridgehead atoms. The molecular weight excluding hydrogens is 268 g/mol. The number of fused-ring (bicyclic) bond motifs is 1. The van der Waals surface area contributed by atoms with Crippen LogP contribution in [0.2, 0.25) is 0 Å². The van der Waals surface area contributed by atoms with E-state index in [1.54, 1.807) is 17.7 Å². The summed E-state index contributed by atoms with van der Waals surface area (Å²) in [7, 11) is 1.57. The number of benzene rings is 2. The van der Waals surface area contributed by atoms with Crippen LogP contribution in [-0.2, 0) is 11.5 Å². The van der Waals surface area contributed by atoms with E-state index in [1.807, 2.05) is 42.6 Å². The normalized spacial score (nSPS) is 10.9. The average molecular weight is 282 g/mol. The van der Waals surface area contributed by atoms with Crippen LogP contribution in [0, 0.1) is 10.1 Å². The fourth-order valence-corrected chi connectivity index (χ4v) is 2.58. The van der Waals surface area contributed by atoms with E-state index in [0.717, 1.165) is 16.5 Å². The van der Waals surface area contributed by atoms with Gasteiger partial charge in [0.05, 0.1) is 4.92 Å². The number of non-ortho nitro benzene ring substituents is 1. The lowest BCUT2D eigenvalue weighted by Crippen LogP contribution is -2.00. The van der Waals surface area contributed by atoms with Crippen LogP contribution in [0.4, 0.5) is 5.69 Å². The standard InChI is InChI=1S/C16H14N2O3/c1-21-11-17-10-14(12-6-3-2-4-7-12)13-8-5-9-15(16(13)17)18(19)20/h2-10H,11H2,1H3. The fraction of sp³-hybridized carbons (Fsp3) is 0.125. The van der Waals surface area contributed by atoms with E-state index in [-0.39, 0.29) is 17.3 Å². The summed E-state index contributed by atoms with van der Waals surface area (Å²) in [6.07, 6.45) is 1.90. The summed E-state index contributed by atoms with van der Waals surface area (Å²) in [4.78, 5) is 10.9. The van der Waals surface area contributed by atoms with Gasteiger partial charge in [0.1, 0.15) is 12.2 Å². The van der Waals surface area contributed by atoms with E-state index >= 15 is 0 Å². The quantitative estimate of drug-likeness (QED) is 0.540. The molecule has 3 rings (SSSR count). The largest absolute Gasteiger partial charge is 0.364 e. The van der Waals surface area contributed by atoms with Gasteiger partial charge in [-0.15, -0.1) is 0 Å². The molecule has 0 radical (unpaired) electrons. The molecule has 0 aliphatic heterocycles. The van der Waals surface area contributed by atoms with Crippen molar-refractivity contribution in [1.82, 2.24) is 4.57 Å². The summed E-state index contributed by atoms with van der Waals surface area (Å²) >= 11 is 0. The molecule has 3 aromatic rings. The Morgan fingerprint density at radius 3 is 2.57 bits per heavy atom. The Hall–Kier alpha value is -2.66. The molecule has 0 saturated heterocycles. The number of hydrogen-bond acceptors (Lipinski definition) is 3. The van der Waals surface area contributed by atoms with Gasteiger partial charge in [-0.25, -0.2) is 0 Å². The first-order chi connectivity index (χ1) is 10.2. The zero-order valence-electron chi connectivity index (χ0n) is 11.5. The number of rotatable bonds is 4. The summed E-state index contributed by atoms with van der Waals surface area (Å²) in [5.41, 5.74) is 2.67. The molecule has 0 atom stereocenters. The Morgan fingerprint density at radius 2 is 1.90 bits per heavy atom. The summed E-state index contributed by atoms with van der Waals surface area (Å²) in [6, 6.07) is 15.0. The van der Waals surface area contributed by atoms with Gasteiger partial charge in [-0.1, -0.05) is 42.5 Å². The molecular formula is C16H14N2O3. The van der Waals surface area contributed by atoms with Crippen LogP contribution >= 0.6 is 0 Å². The van der Waals surface area contributed by atoms with Gasteiger partial charge < -0.3 is 9.30 Å². The maximum Gasteiger partial charge on any atom is 0.293 e. The van der Waals surface area contributed by atoms with E-state index in [0.29, 0.717) is 5.52 Å². The second-order valence-corrected chi connectivity index (χ2v) is 4.73. The van der Waals surface area contributed by atoms with Crippen LogP contribution < -0.4 is 0 Å². The third-order valence-corrected chi connectivity index (χ3v) is 3.43. The number of nitro benzene ring substituents is 1. The van der Waals surface area contributed by atoms with E-state index < -0.39 is 0 Å². The molecule has 21 heavy (non-hydrogen) atoms. The van der Waals surface area contributed by atoms with Crippen LogP contribution in [0.5, 0.6) is 0 Å². The number of ether oxygens (including phenoxy) is 1. The monoisotopic (exact) mass is 282 g/mol. The van der Waals surface area contributed by atoms with Gasteiger partial charge >= 0.3 is 0 Å². The minimum Gasteiger partial charge on any atom is -0.364 e. The predicted molar refractivity (Wildman–Crippen MR) is 81.0 cm³/mol. The lowest BCUT2D eigenvalue weighted by Gasteiger charge is -2.03. The summed E-state index contributed by atoms with van der Waals surface area (Å²) in [5.74, 6) is 0. The van der Waals surface area contributed by atoms with Crippen molar-refractivity contribution < 1.29 is 9.66 Å². The highest BCUT2D eigenvalue weighted by Crippen LogP contribution is 2.35. The first-order valence-electron chi connectivity index (χ1n) is 6.53. The van der Waals surface area contributed by atoms with Crippen molar-refractivity contribution in [3.63, 3.8) is 0 Å². The van der Waals surface area contributed by atoms with Crippen molar-refractivity contribution in [2.75, 3.05) is 7.11 Å². The predicted octanol–water partition coefficient (Wildman–Crippen LogP) is 3.82. The average Bonchev–Trinajstić information content (AvgIpc) is 2.87. The first-order valence-corrected chi connectivity index (χ1v) is 6.53. The highest BCUT2D eigenvalue weighted by Gasteiger charge is 2.19. The fourth-order valence-electron chi connectivity index (χ4n) is 2.58. The second-order valence-electron chi connectivity index (χ2n) is 4.73.